The number of anilines is 3. The van der Waals surface area contributed by atoms with Crippen molar-refractivity contribution < 1.29 is 14.7 Å². The van der Waals surface area contributed by atoms with Crippen LogP contribution in [0.4, 0.5) is 17.1 Å². The number of amides is 1. The van der Waals surface area contributed by atoms with Crippen LogP contribution in [0.25, 0.3) is 0 Å². The van der Waals surface area contributed by atoms with E-state index in [1.807, 2.05) is 18.2 Å². The highest BCUT2D eigenvalue weighted by molar-refractivity contribution is 6.13. The first-order chi connectivity index (χ1) is 11.1. The van der Waals surface area contributed by atoms with Crippen molar-refractivity contribution in [2.45, 2.75) is 19.8 Å². The Balaban J connectivity index is 2.16. The largest absolute Gasteiger partial charge is 0.478 e. The first-order valence-corrected chi connectivity index (χ1v) is 7.67. The van der Waals surface area contributed by atoms with Crippen molar-refractivity contribution in [1.82, 2.24) is 0 Å². The fraction of sp³-hybridized carbons (Fsp3) is 0.222. The Morgan fingerprint density at radius 2 is 1.96 bits per heavy atom. The molecule has 0 saturated heterocycles. The Hall–Kier alpha value is -2.82. The zero-order chi connectivity index (χ0) is 16.4. The molecule has 0 fully saturated rings. The Bertz CT molecular complexity index is 771. The molecule has 2 N–H and O–H groups in total. The first-order valence-electron chi connectivity index (χ1n) is 7.67. The summed E-state index contributed by atoms with van der Waals surface area (Å²) >= 11 is 0. The summed E-state index contributed by atoms with van der Waals surface area (Å²) in [5, 5.41) is 12.0. The van der Waals surface area contributed by atoms with E-state index < -0.39 is 5.97 Å². The van der Waals surface area contributed by atoms with E-state index in [1.165, 1.54) is 6.07 Å². The molecule has 2 aromatic rings. The molecule has 23 heavy (non-hydrogen) atoms. The van der Waals surface area contributed by atoms with E-state index in [0.717, 1.165) is 30.8 Å². The molecule has 5 heteroatoms. The van der Waals surface area contributed by atoms with Gasteiger partial charge in [-0.3, -0.25) is 4.79 Å². The number of carbonyl (C=O) groups excluding carboxylic acids is 1. The summed E-state index contributed by atoms with van der Waals surface area (Å²) in [7, 11) is 0. The number of benzene rings is 2. The third kappa shape index (κ3) is 2.77. The van der Waals surface area contributed by atoms with E-state index in [2.05, 4.69) is 17.1 Å². The van der Waals surface area contributed by atoms with Gasteiger partial charge < -0.3 is 15.3 Å². The van der Waals surface area contributed by atoms with Crippen molar-refractivity contribution in [2.24, 2.45) is 0 Å². The number of carbonyl (C=O) groups is 2. The highest BCUT2D eigenvalue weighted by Crippen LogP contribution is 2.38. The fourth-order valence-electron chi connectivity index (χ4n) is 2.78. The Labute approximate surface area is 134 Å². The van der Waals surface area contributed by atoms with Gasteiger partial charge in [0.1, 0.15) is 0 Å². The molecule has 1 aliphatic rings. The molecule has 0 atom stereocenters. The summed E-state index contributed by atoms with van der Waals surface area (Å²) in [6.45, 7) is 2.88. The van der Waals surface area contributed by atoms with Gasteiger partial charge in [0.15, 0.2) is 0 Å². The van der Waals surface area contributed by atoms with E-state index >= 15 is 0 Å². The summed E-state index contributed by atoms with van der Waals surface area (Å²) in [5.41, 5.74) is 2.95. The smallest absolute Gasteiger partial charge is 0.335 e. The number of para-hydroxylation sites is 1. The molecule has 0 spiro atoms. The van der Waals surface area contributed by atoms with Gasteiger partial charge in [-0.1, -0.05) is 25.5 Å². The predicted octanol–water partition coefficient (Wildman–Crippen LogP) is 3.89. The van der Waals surface area contributed by atoms with Crippen molar-refractivity contribution in [3.8, 4) is 0 Å². The van der Waals surface area contributed by atoms with Crippen LogP contribution in [0.3, 0.4) is 0 Å². The molecule has 3 rings (SSSR count). The monoisotopic (exact) mass is 310 g/mol. The number of nitrogens with one attached hydrogen (secondary N) is 1. The number of hydrogen-bond acceptors (Lipinski definition) is 3. The van der Waals surface area contributed by atoms with Crippen LogP contribution >= 0.6 is 0 Å². The average Bonchev–Trinajstić information content (AvgIpc) is 2.67. The lowest BCUT2D eigenvalue weighted by Gasteiger charge is -2.26. The fourth-order valence-corrected chi connectivity index (χ4v) is 2.78. The van der Waals surface area contributed by atoms with Crippen molar-refractivity contribution >= 4 is 28.9 Å². The SMILES string of the molecule is CCCCN1c2ccc(C(=O)O)cc2NC(=O)c2ccccc21. The van der Waals surface area contributed by atoms with E-state index in [1.54, 1.807) is 18.2 Å². The van der Waals surface area contributed by atoms with Gasteiger partial charge in [-0.05, 0) is 36.8 Å². The lowest BCUT2D eigenvalue weighted by molar-refractivity contribution is 0.0696. The van der Waals surface area contributed by atoms with Crippen LogP contribution in [0, 0.1) is 0 Å². The van der Waals surface area contributed by atoms with Crippen LogP contribution < -0.4 is 10.2 Å². The number of carboxylic acid groups (broad SMARTS) is 1. The van der Waals surface area contributed by atoms with Crippen LogP contribution in [0.5, 0.6) is 0 Å². The van der Waals surface area contributed by atoms with Crippen LogP contribution in [0.2, 0.25) is 0 Å². The lowest BCUT2D eigenvalue weighted by atomic mass is 10.1. The normalized spacial score (nSPS) is 12.9. The second kappa shape index (κ2) is 6.12. The Morgan fingerprint density at radius 1 is 1.17 bits per heavy atom. The third-order valence-electron chi connectivity index (χ3n) is 3.96. The summed E-state index contributed by atoms with van der Waals surface area (Å²) < 4.78 is 0. The zero-order valence-electron chi connectivity index (χ0n) is 12.9. The van der Waals surface area contributed by atoms with Crippen molar-refractivity contribution in [3.05, 3.63) is 53.6 Å². The van der Waals surface area contributed by atoms with E-state index in [-0.39, 0.29) is 11.5 Å². The predicted molar refractivity (Wildman–Crippen MR) is 89.7 cm³/mol. The zero-order valence-corrected chi connectivity index (χ0v) is 12.9. The van der Waals surface area contributed by atoms with Gasteiger partial charge in [0.25, 0.3) is 5.91 Å². The van der Waals surface area contributed by atoms with Gasteiger partial charge in [-0.2, -0.15) is 0 Å². The van der Waals surface area contributed by atoms with Crippen molar-refractivity contribution in [2.75, 3.05) is 16.8 Å². The quantitative estimate of drug-likeness (QED) is 0.899. The van der Waals surface area contributed by atoms with Gasteiger partial charge in [-0.25, -0.2) is 4.79 Å². The van der Waals surface area contributed by atoms with Crippen LogP contribution in [-0.2, 0) is 0 Å². The highest BCUT2D eigenvalue weighted by atomic mass is 16.4. The van der Waals surface area contributed by atoms with Gasteiger partial charge >= 0.3 is 5.97 Å². The molecule has 0 radical (unpaired) electrons. The second-order valence-electron chi connectivity index (χ2n) is 5.51. The molecule has 1 aliphatic heterocycles. The highest BCUT2D eigenvalue weighted by Gasteiger charge is 2.25. The minimum absolute atomic E-state index is 0.158. The van der Waals surface area contributed by atoms with Gasteiger partial charge in [0, 0.05) is 6.54 Å². The molecular weight excluding hydrogens is 292 g/mol. The second-order valence-corrected chi connectivity index (χ2v) is 5.51. The molecule has 0 bridgehead atoms. The Kier molecular flexibility index (Phi) is 4.02. The number of fused-ring (bicyclic) bond motifs is 2. The van der Waals surface area contributed by atoms with E-state index in [9.17, 15) is 14.7 Å². The molecule has 2 aromatic carbocycles. The molecule has 118 valence electrons. The maximum absolute atomic E-state index is 12.5. The minimum atomic E-state index is -1.01. The maximum Gasteiger partial charge on any atom is 0.335 e. The van der Waals surface area contributed by atoms with Crippen molar-refractivity contribution in [1.29, 1.82) is 0 Å². The number of hydrogen-bond donors (Lipinski definition) is 2. The van der Waals surface area contributed by atoms with E-state index in [4.69, 9.17) is 0 Å². The molecule has 5 nitrogen and oxygen atoms in total. The summed E-state index contributed by atoms with van der Waals surface area (Å²) in [6.07, 6.45) is 2.01. The van der Waals surface area contributed by atoms with Crippen LogP contribution in [0.15, 0.2) is 42.5 Å². The van der Waals surface area contributed by atoms with Gasteiger partial charge in [-0.15, -0.1) is 0 Å². The van der Waals surface area contributed by atoms with Crippen molar-refractivity contribution in [3.63, 3.8) is 0 Å². The molecular formula is C18H18N2O3. The number of carboxylic acids is 1. The number of aromatic carboxylic acids is 1. The molecule has 1 amide bonds. The summed E-state index contributed by atoms with van der Waals surface area (Å²) in [6, 6.07) is 12.3. The Morgan fingerprint density at radius 3 is 2.70 bits per heavy atom. The third-order valence-corrected chi connectivity index (χ3v) is 3.96. The summed E-state index contributed by atoms with van der Waals surface area (Å²) in [5.74, 6) is -1.23. The van der Waals surface area contributed by atoms with E-state index in [0.29, 0.717) is 11.3 Å². The van der Waals surface area contributed by atoms with Crippen LogP contribution in [0.1, 0.15) is 40.5 Å². The topological polar surface area (TPSA) is 69.6 Å². The van der Waals surface area contributed by atoms with Gasteiger partial charge in [0.2, 0.25) is 0 Å². The number of unbranched alkanes of at least 4 members (excludes halogenated alkanes) is 1. The minimum Gasteiger partial charge on any atom is -0.478 e. The number of nitrogens with zero attached hydrogens (tertiary/aromatic N) is 1. The maximum atomic E-state index is 12.5. The number of rotatable bonds is 4. The molecule has 0 aliphatic carbocycles. The molecule has 0 saturated carbocycles. The average molecular weight is 310 g/mol. The standard InChI is InChI=1S/C18H18N2O3/c1-2-3-10-20-15-7-5-4-6-13(15)17(21)19-14-11-12(18(22)23)8-9-16(14)20/h4-9,11H,2-3,10H2,1H3,(H,19,21)(H,22,23). The first kappa shape index (κ1) is 15.1. The molecule has 0 aromatic heterocycles. The molecule has 1 heterocycles. The van der Waals surface area contributed by atoms with Crippen LogP contribution in [-0.4, -0.2) is 23.5 Å². The lowest BCUT2D eigenvalue weighted by Crippen LogP contribution is -2.19. The van der Waals surface area contributed by atoms with Gasteiger partial charge in [0.05, 0.1) is 28.2 Å². The molecule has 0 unspecified atom stereocenters. The summed E-state index contributed by atoms with van der Waals surface area (Å²) in [4.78, 5) is 25.8.